The van der Waals surface area contributed by atoms with Gasteiger partial charge in [-0.1, -0.05) is 30.3 Å². The Balaban J connectivity index is 2.32. The van der Waals surface area contributed by atoms with E-state index in [1.54, 1.807) is 0 Å². The van der Waals surface area contributed by atoms with Crippen LogP contribution >= 0.6 is 0 Å². The third-order valence-corrected chi connectivity index (χ3v) is 3.43. The Bertz CT molecular complexity index is 652. The monoisotopic (exact) mass is 379 g/mol. The molecule has 0 aliphatic carbocycles. The number of hydrogen-bond donors (Lipinski definition) is 5. The lowest BCUT2D eigenvalue weighted by molar-refractivity contribution is -0.130. The lowest BCUT2D eigenvalue weighted by Crippen LogP contribution is -2.54. The molecule has 0 aromatic heterocycles. The fourth-order valence-corrected chi connectivity index (χ4v) is 1.82. The summed E-state index contributed by atoms with van der Waals surface area (Å²) in [6.45, 7) is 2.91. The van der Waals surface area contributed by atoms with E-state index in [1.165, 1.54) is 20.9 Å². The van der Waals surface area contributed by atoms with E-state index in [1.807, 2.05) is 30.3 Å². The molecule has 0 saturated heterocycles. The Labute approximate surface area is 157 Å². The van der Waals surface area contributed by atoms with Crippen LogP contribution in [0.5, 0.6) is 0 Å². The number of amides is 4. The molecule has 0 spiro atoms. The quantitative estimate of drug-likeness (QED) is 0.355. The summed E-state index contributed by atoms with van der Waals surface area (Å²) in [5.74, 6) is -1.40. The average Bonchev–Trinajstić information content (AvgIpc) is 2.66. The second-order valence-electron chi connectivity index (χ2n) is 5.67. The highest BCUT2D eigenvalue weighted by molar-refractivity contribution is 5.90. The van der Waals surface area contributed by atoms with Gasteiger partial charge in [0.15, 0.2) is 0 Å². The van der Waals surface area contributed by atoms with E-state index in [4.69, 9.17) is 4.74 Å². The first-order valence-electron chi connectivity index (χ1n) is 8.34. The highest BCUT2D eigenvalue weighted by Gasteiger charge is 2.21. The molecule has 4 amide bonds. The molecule has 2 atom stereocenters. The molecule has 1 aromatic rings. The fraction of sp³-hybridized carbons (Fsp3) is 0.412. The highest BCUT2D eigenvalue weighted by atomic mass is 16.5. The summed E-state index contributed by atoms with van der Waals surface area (Å²) in [6.07, 6.45) is -0.745. The van der Waals surface area contributed by atoms with Crippen molar-refractivity contribution in [2.24, 2.45) is 0 Å². The smallest absolute Gasteiger partial charge is 0.408 e. The number of alkyl carbamates (subject to hydrolysis) is 1. The first kappa shape index (κ1) is 21.9. The zero-order valence-electron chi connectivity index (χ0n) is 15.5. The highest BCUT2D eigenvalue weighted by Crippen LogP contribution is 2.00. The molecule has 27 heavy (non-hydrogen) atoms. The molecule has 148 valence electrons. The molecule has 0 aliphatic rings. The van der Waals surface area contributed by atoms with E-state index in [-0.39, 0.29) is 19.1 Å². The van der Waals surface area contributed by atoms with Gasteiger partial charge in [-0.25, -0.2) is 10.2 Å². The Morgan fingerprint density at radius 1 is 0.963 bits per heavy atom. The Kier molecular flexibility index (Phi) is 9.30. The maximum atomic E-state index is 12.1. The van der Waals surface area contributed by atoms with E-state index in [0.29, 0.717) is 0 Å². The Morgan fingerprint density at radius 2 is 1.59 bits per heavy atom. The van der Waals surface area contributed by atoms with E-state index in [2.05, 4.69) is 26.8 Å². The van der Waals surface area contributed by atoms with Gasteiger partial charge in [-0.15, -0.1) is 0 Å². The topological polar surface area (TPSA) is 138 Å². The zero-order valence-corrected chi connectivity index (χ0v) is 15.5. The van der Waals surface area contributed by atoms with Crippen molar-refractivity contribution >= 4 is 23.8 Å². The van der Waals surface area contributed by atoms with Gasteiger partial charge in [0.05, 0.1) is 6.54 Å². The third kappa shape index (κ3) is 8.68. The van der Waals surface area contributed by atoms with Gasteiger partial charge in [-0.05, 0) is 19.4 Å². The maximum Gasteiger partial charge on any atom is 0.408 e. The van der Waals surface area contributed by atoms with Crippen LogP contribution in [0.1, 0.15) is 19.4 Å². The number of hydrogen-bond acceptors (Lipinski definition) is 6. The number of nitrogens with one attached hydrogen (secondary N) is 5. The number of carbonyl (C=O) groups is 4. The van der Waals surface area contributed by atoms with Crippen LogP contribution in [0, 0.1) is 0 Å². The van der Waals surface area contributed by atoms with Gasteiger partial charge in [-0.3, -0.25) is 19.8 Å². The lowest BCUT2D eigenvalue weighted by Gasteiger charge is -2.18. The molecule has 0 heterocycles. The van der Waals surface area contributed by atoms with Gasteiger partial charge in [0.2, 0.25) is 11.8 Å². The molecule has 0 bridgehead atoms. The maximum absolute atomic E-state index is 12.1. The summed E-state index contributed by atoms with van der Waals surface area (Å²) in [4.78, 5) is 46.6. The van der Waals surface area contributed by atoms with Crippen LogP contribution in [0.15, 0.2) is 30.3 Å². The van der Waals surface area contributed by atoms with E-state index >= 15 is 0 Å². The van der Waals surface area contributed by atoms with Crippen molar-refractivity contribution < 1.29 is 23.9 Å². The molecule has 5 N–H and O–H groups in total. The van der Waals surface area contributed by atoms with Crippen molar-refractivity contribution in [3.63, 3.8) is 0 Å². The molecular weight excluding hydrogens is 354 g/mol. The van der Waals surface area contributed by atoms with Crippen molar-refractivity contribution in [2.75, 3.05) is 13.6 Å². The molecule has 10 heteroatoms. The van der Waals surface area contributed by atoms with Crippen LogP contribution in [0.4, 0.5) is 4.79 Å². The molecule has 0 unspecified atom stereocenters. The second-order valence-corrected chi connectivity index (χ2v) is 5.67. The van der Waals surface area contributed by atoms with Gasteiger partial charge in [-0.2, -0.15) is 0 Å². The SMILES string of the molecule is CNC(=O)CNNC(=O)[C@H](C)NC(=O)[C@H](C)NC(=O)OCc1ccccc1. The van der Waals surface area contributed by atoms with E-state index < -0.39 is 30.0 Å². The molecule has 0 aliphatic heterocycles. The van der Waals surface area contributed by atoms with Crippen molar-refractivity contribution in [3.8, 4) is 0 Å². The van der Waals surface area contributed by atoms with Crippen molar-refractivity contribution in [2.45, 2.75) is 32.5 Å². The normalized spacial score (nSPS) is 12.3. The minimum absolute atomic E-state index is 0.0802. The first-order chi connectivity index (χ1) is 12.8. The van der Waals surface area contributed by atoms with Crippen LogP contribution in [-0.2, 0) is 25.7 Å². The average molecular weight is 379 g/mol. The first-order valence-corrected chi connectivity index (χ1v) is 8.34. The number of ether oxygens (including phenoxy) is 1. The number of benzene rings is 1. The van der Waals surface area contributed by atoms with Crippen molar-refractivity contribution in [1.82, 2.24) is 26.8 Å². The molecule has 1 rings (SSSR count). The van der Waals surface area contributed by atoms with Gasteiger partial charge in [0, 0.05) is 7.05 Å². The predicted octanol–water partition coefficient (Wildman–Crippen LogP) is -0.827. The minimum Gasteiger partial charge on any atom is -0.445 e. The molecule has 10 nitrogen and oxygen atoms in total. The van der Waals surface area contributed by atoms with Gasteiger partial charge in [0.25, 0.3) is 5.91 Å². The lowest BCUT2D eigenvalue weighted by atomic mass is 10.2. The van der Waals surface area contributed by atoms with Crippen molar-refractivity contribution in [3.05, 3.63) is 35.9 Å². The van der Waals surface area contributed by atoms with Crippen LogP contribution in [0.25, 0.3) is 0 Å². The van der Waals surface area contributed by atoms with Gasteiger partial charge >= 0.3 is 6.09 Å². The molecule has 0 saturated carbocycles. The molecular formula is C17H25N5O5. The van der Waals surface area contributed by atoms with Gasteiger partial charge < -0.3 is 20.7 Å². The Hall–Kier alpha value is -3.14. The summed E-state index contributed by atoms with van der Waals surface area (Å²) in [5.41, 5.74) is 5.54. The number of likely N-dealkylation sites (N-methyl/N-ethyl adjacent to an activating group) is 1. The van der Waals surface area contributed by atoms with E-state index in [9.17, 15) is 19.2 Å². The minimum atomic E-state index is -0.901. The van der Waals surface area contributed by atoms with Crippen molar-refractivity contribution in [1.29, 1.82) is 0 Å². The fourth-order valence-electron chi connectivity index (χ4n) is 1.82. The third-order valence-electron chi connectivity index (χ3n) is 3.43. The van der Waals surface area contributed by atoms with Crippen LogP contribution in [-0.4, -0.2) is 49.5 Å². The van der Waals surface area contributed by atoms with Gasteiger partial charge in [0.1, 0.15) is 18.7 Å². The summed E-state index contributed by atoms with van der Waals surface area (Å²) in [5, 5.41) is 7.21. The molecule has 0 radical (unpaired) electrons. The van der Waals surface area contributed by atoms with Crippen LogP contribution < -0.4 is 26.8 Å². The largest absolute Gasteiger partial charge is 0.445 e. The number of rotatable bonds is 9. The summed E-state index contributed by atoms with van der Waals surface area (Å²) >= 11 is 0. The molecule has 1 aromatic carbocycles. The summed E-state index contributed by atoms with van der Waals surface area (Å²) < 4.78 is 5.03. The standard InChI is InChI=1S/C17H25N5O5/c1-11(21-17(26)27-10-13-7-5-4-6-8-13)15(24)20-12(2)16(25)22-19-9-14(23)18-3/h4-8,11-12,19H,9-10H2,1-3H3,(H,18,23)(H,20,24)(H,21,26)(H,22,25)/t11-,12-/m0/s1. The number of hydrazine groups is 1. The Morgan fingerprint density at radius 3 is 2.22 bits per heavy atom. The summed E-state index contributed by atoms with van der Waals surface area (Å²) in [6, 6.07) is 7.33. The van der Waals surface area contributed by atoms with Crippen LogP contribution in [0.2, 0.25) is 0 Å². The van der Waals surface area contributed by atoms with Crippen LogP contribution in [0.3, 0.4) is 0 Å². The number of carbonyl (C=O) groups excluding carboxylic acids is 4. The summed E-state index contributed by atoms with van der Waals surface area (Å²) in [7, 11) is 1.47. The second kappa shape index (κ2) is 11.5. The molecule has 0 fully saturated rings. The predicted molar refractivity (Wildman–Crippen MR) is 97.0 cm³/mol. The van der Waals surface area contributed by atoms with E-state index in [0.717, 1.165) is 5.56 Å². The zero-order chi connectivity index (χ0) is 20.2.